The molecule has 2 amide bonds. The minimum absolute atomic E-state index is 0.0676. The fourth-order valence-electron chi connectivity index (χ4n) is 2.59. The predicted octanol–water partition coefficient (Wildman–Crippen LogP) is 5.00. The molecule has 0 saturated carbocycles. The van der Waals surface area contributed by atoms with Gasteiger partial charge in [-0.15, -0.1) is 10.2 Å². The highest BCUT2D eigenvalue weighted by Crippen LogP contribution is 2.26. The zero-order valence-electron chi connectivity index (χ0n) is 16.4. The van der Waals surface area contributed by atoms with E-state index >= 15 is 0 Å². The molecule has 0 saturated heterocycles. The second-order valence-electron chi connectivity index (χ2n) is 6.44. The van der Waals surface area contributed by atoms with Crippen LogP contribution in [0.1, 0.15) is 35.7 Å². The van der Waals surface area contributed by atoms with Gasteiger partial charge in [-0.25, -0.2) is 4.39 Å². The van der Waals surface area contributed by atoms with E-state index in [0.717, 1.165) is 36.3 Å². The van der Waals surface area contributed by atoms with Crippen LogP contribution in [0.5, 0.6) is 0 Å². The maximum atomic E-state index is 13.7. The lowest BCUT2D eigenvalue weighted by molar-refractivity contribution is -0.113. The minimum atomic E-state index is -0.607. The van der Waals surface area contributed by atoms with E-state index in [-0.39, 0.29) is 22.4 Å². The van der Waals surface area contributed by atoms with Gasteiger partial charge in [0.15, 0.2) is 4.34 Å². The maximum Gasteiger partial charge on any atom is 0.260 e. The topological polar surface area (TPSA) is 84.0 Å². The van der Waals surface area contributed by atoms with Gasteiger partial charge in [-0.1, -0.05) is 60.7 Å². The SMILES string of the molecule is CCCCc1ccc(NC(=O)CSc2nnc(NC(=O)c3ccccc3F)s2)cc1. The Labute approximate surface area is 182 Å². The predicted molar refractivity (Wildman–Crippen MR) is 119 cm³/mol. The van der Waals surface area contributed by atoms with Crippen molar-refractivity contribution in [3.05, 3.63) is 65.5 Å². The maximum absolute atomic E-state index is 13.7. The van der Waals surface area contributed by atoms with Gasteiger partial charge in [0.2, 0.25) is 11.0 Å². The van der Waals surface area contributed by atoms with Crippen LogP contribution in [0, 0.1) is 5.82 Å². The van der Waals surface area contributed by atoms with Crippen LogP contribution in [-0.2, 0) is 11.2 Å². The van der Waals surface area contributed by atoms with E-state index in [4.69, 9.17) is 0 Å². The highest BCUT2D eigenvalue weighted by Gasteiger charge is 2.14. The van der Waals surface area contributed by atoms with Crippen molar-refractivity contribution >= 4 is 45.7 Å². The van der Waals surface area contributed by atoms with Gasteiger partial charge in [0.1, 0.15) is 5.82 Å². The molecule has 2 N–H and O–H groups in total. The molecule has 0 radical (unpaired) electrons. The van der Waals surface area contributed by atoms with Crippen LogP contribution in [0.15, 0.2) is 52.9 Å². The van der Waals surface area contributed by atoms with Gasteiger partial charge in [0, 0.05) is 5.69 Å². The molecule has 9 heteroatoms. The number of hydrogen-bond acceptors (Lipinski definition) is 6. The van der Waals surface area contributed by atoms with Crippen molar-refractivity contribution in [2.75, 3.05) is 16.4 Å². The lowest BCUT2D eigenvalue weighted by atomic mass is 10.1. The van der Waals surface area contributed by atoms with Gasteiger partial charge in [-0.2, -0.15) is 0 Å². The zero-order chi connectivity index (χ0) is 21.3. The number of carbonyl (C=O) groups excluding carboxylic acids is 2. The second kappa shape index (κ2) is 10.8. The molecule has 3 aromatic rings. The summed E-state index contributed by atoms with van der Waals surface area (Å²) in [7, 11) is 0. The number of amides is 2. The van der Waals surface area contributed by atoms with Crippen molar-refractivity contribution in [1.29, 1.82) is 0 Å². The first-order chi connectivity index (χ1) is 14.5. The summed E-state index contributed by atoms with van der Waals surface area (Å²) in [5, 5.41) is 13.4. The number of halogens is 1. The first kappa shape index (κ1) is 21.9. The third-order valence-electron chi connectivity index (χ3n) is 4.13. The molecule has 156 valence electrons. The highest BCUT2D eigenvalue weighted by atomic mass is 32.2. The number of anilines is 2. The van der Waals surface area contributed by atoms with Gasteiger partial charge < -0.3 is 5.32 Å². The Bertz CT molecular complexity index is 1010. The molecule has 0 aliphatic rings. The third kappa shape index (κ3) is 6.36. The number of thioether (sulfide) groups is 1. The Hall–Kier alpha value is -2.78. The van der Waals surface area contributed by atoms with E-state index < -0.39 is 11.7 Å². The standard InChI is InChI=1S/C21H21FN4O2S2/c1-2-3-6-14-9-11-15(12-10-14)23-18(27)13-29-21-26-25-20(30-21)24-19(28)16-7-4-5-8-17(16)22/h4-5,7-12H,2-3,6,13H2,1H3,(H,23,27)(H,24,25,28). The molecule has 3 rings (SSSR count). The fourth-order valence-corrected chi connectivity index (χ4v) is 4.14. The number of aromatic nitrogens is 2. The Morgan fingerprint density at radius 1 is 1.07 bits per heavy atom. The average Bonchev–Trinajstić information content (AvgIpc) is 3.19. The molecule has 0 aliphatic carbocycles. The molecule has 0 aliphatic heterocycles. The highest BCUT2D eigenvalue weighted by molar-refractivity contribution is 8.01. The van der Waals surface area contributed by atoms with Gasteiger partial charge >= 0.3 is 0 Å². The largest absolute Gasteiger partial charge is 0.325 e. The van der Waals surface area contributed by atoms with E-state index in [9.17, 15) is 14.0 Å². The normalized spacial score (nSPS) is 10.6. The smallest absolute Gasteiger partial charge is 0.260 e. The second-order valence-corrected chi connectivity index (χ2v) is 8.64. The summed E-state index contributed by atoms with van der Waals surface area (Å²) in [5.41, 5.74) is 1.93. The number of unbranched alkanes of at least 4 members (excludes halogenated alkanes) is 1. The van der Waals surface area contributed by atoms with E-state index in [1.807, 2.05) is 24.3 Å². The number of nitrogens with zero attached hydrogens (tertiary/aromatic N) is 2. The summed E-state index contributed by atoms with van der Waals surface area (Å²) in [5.74, 6) is -1.20. The van der Waals surface area contributed by atoms with Gasteiger partial charge in [0.05, 0.1) is 11.3 Å². The first-order valence-corrected chi connectivity index (χ1v) is 11.3. The Balaban J connectivity index is 1.47. The van der Waals surface area contributed by atoms with Crippen molar-refractivity contribution in [1.82, 2.24) is 10.2 Å². The number of carbonyl (C=O) groups is 2. The Morgan fingerprint density at radius 2 is 1.83 bits per heavy atom. The van der Waals surface area contributed by atoms with Crippen molar-refractivity contribution in [2.45, 2.75) is 30.5 Å². The fraction of sp³-hybridized carbons (Fsp3) is 0.238. The number of nitrogens with one attached hydrogen (secondary N) is 2. The summed E-state index contributed by atoms with van der Waals surface area (Å²) >= 11 is 2.34. The van der Waals surface area contributed by atoms with Crippen LogP contribution in [0.2, 0.25) is 0 Å². The van der Waals surface area contributed by atoms with Crippen molar-refractivity contribution in [2.24, 2.45) is 0 Å². The molecule has 6 nitrogen and oxygen atoms in total. The van der Waals surface area contributed by atoms with Gasteiger partial charge in [-0.05, 0) is 42.7 Å². The number of aryl methyl sites for hydroxylation is 1. The third-order valence-corrected chi connectivity index (χ3v) is 6.10. The Kier molecular flexibility index (Phi) is 7.92. The van der Waals surface area contributed by atoms with Crippen LogP contribution in [0.4, 0.5) is 15.2 Å². The lowest BCUT2D eigenvalue weighted by Crippen LogP contribution is -2.13. The average molecular weight is 445 g/mol. The first-order valence-electron chi connectivity index (χ1n) is 9.46. The lowest BCUT2D eigenvalue weighted by Gasteiger charge is -2.06. The molecule has 2 aromatic carbocycles. The molecule has 1 heterocycles. The quantitative estimate of drug-likeness (QED) is 0.358. The van der Waals surface area contributed by atoms with Crippen LogP contribution in [0.25, 0.3) is 0 Å². The van der Waals surface area contributed by atoms with Crippen LogP contribution in [0.3, 0.4) is 0 Å². The van der Waals surface area contributed by atoms with Crippen LogP contribution >= 0.6 is 23.1 Å². The van der Waals surface area contributed by atoms with Crippen LogP contribution < -0.4 is 10.6 Å². The number of rotatable bonds is 9. The molecular formula is C21H21FN4O2S2. The van der Waals surface area contributed by atoms with E-state index in [1.54, 1.807) is 6.07 Å². The van der Waals surface area contributed by atoms with Crippen molar-refractivity contribution in [3.63, 3.8) is 0 Å². The minimum Gasteiger partial charge on any atom is -0.325 e. The van der Waals surface area contributed by atoms with Crippen molar-refractivity contribution in [3.8, 4) is 0 Å². The molecule has 1 aromatic heterocycles. The molecule has 0 spiro atoms. The summed E-state index contributed by atoms with van der Waals surface area (Å²) in [6, 6.07) is 13.5. The van der Waals surface area contributed by atoms with E-state index in [0.29, 0.717) is 4.34 Å². The summed E-state index contributed by atoms with van der Waals surface area (Å²) in [6.07, 6.45) is 3.33. The summed E-state index contributed by atoms with van der Waals surface area (Å²) in [6.45, 7) is 2.16. The Morgan fingerprint density at radius 3 is 2.57 bits per heavy atom. The van der Waals surface area contributed by atoms with E-state index in [2.05, 4.69) is 27.8 Å². The molecule has 0 unspecified atom stereocenters. The summed E-state index contributed by atoms with van der Waals surface area (Å²) in [4.78, 5) is 24.3. The number of hydrogen-bond donors (Lipinski definition) is 2. The van der Waals surface area contributed by atoms with Crippen LogP contribution in [-0.4, -0.2) is 27.8 Å². The molecule has 0 bridgehead atoms. The molecule has 0 fully saturated rings. The monoisotopic (exact) mass is 444 g/mol. The molecular weight excluding hydrogens is 423 g/mol. The van der Waals surface area contributed by atoms with E-state index in [1.165, 1.54) is 35.5 Å². The molecule has 0 atom stereocenters. The molecule has 30 heavy (non-hydrogen) atoms. The number of benzene rings is 2. The summed E-state index contributed by atoms with van der Waals surface area (Å²) < 4.78 is 14.2. The van der Waals surface area contributed by atoms with Gasteiger partial charge in [-0.3, -0.25) is 14.9 Å². The van der Waals surface area contributed by atoms with Gasteiger partial charge in [0.25, 0.3) is 5.91 Å². The zero-order valence-corrected chi connectivity index (χ0v) is 18.0. The van der Waals surface area contributed by atoms with Crippen molar-refractivity contribution < 1.29 is 14.0 Å².